The molecule has 1 amide bonds. The van der Waals surface area contributed by atoms with E-state index in [2.05, 4.69) is 0 Å². The first-order valence-electron chi connectivity index (χ1n) is 10.4. The molecule has 0 heterocycles. The molecule has 0 aliphatic carbocycles. The predicted molar refractivity (Wildman–Crippen MR) is 125 cm³/mol. The van der Waals surface area contributed by atoms with E-state index < -0.39 is 33.9 Å². The second-order valence-electron chi connectivity index (χ2n) is 7.98. The minimum Gasteiger partial charge on any atom is -0.395 e. The number of amides is 1. The Morgan fingerprint density at radius 1 is 1.12 bits per heavy atom. The fraction of sp³-hybridized carbons (Fsp3) is 0.435. The molecule has 3 atom stereocenters. The van der Waals surface area contributed by atoms with E-state index in [0.29, 0.717) is 5.02 Å². The van der Waals surface area contributed by atoms with Crippen LogP contribution in [0.4, 0.5) is 4.39 Å². The number of ether oxygens (including phenoxy) is 1. The zero-order chi connectivity index (χ0) is 24.8. The van der Waals surface area contributed by atoms with Crippen LogP contribution in [0.2, 0.25) is 5.02 Å². The largest absolute Gasteiger partial charge is 0.395 e. The van der Waals surface area contributed by atoms with Gasteiger partial charge in [-0.05, 0) is 49.2 Å². The number of rotatable bonds is 11. The second kappa shape index (κ2) is 11.9. The van der Waals surface area contributed by atoms with Gasteiger partial charge in [-0.2, -0.15) is 4.31 Å². The van der Waals surface area contributed by atoms with Gasteiger partial charge in [0.25, 0.3) is 5.91 Å². The summed E-state index contributed by atoms with van der Waals surface area (Å²) in [7, 11) is -0.928. The Balaban J connectivity index is 2.21. The molecule has 2 aromatic carbocycles. The smallest absolute Gasteiger partial charge is 0.256 e. The lowest BCUT2D eigenvalue weighted by atomic mass is 10.0. The van der Waals surface area contributed by atoms with E-state index in [1.807, 2.05) is 0 Å². The van der Waals surface area contributed by atoms with Crippen LogP contribution < -0.4 is 0 Å². The highest BCUT2D eigenvalue weighted by atomic mass is 35.5. The molecule has 0 fully saturated rings. The molecule has 0 aliphatic rings. The second-order valence-corrected chi connectivity index (χ2v) is 10.3. The third kappa shape index (κ3) is 6.74. The fourth-order valence-corrected chi connectivity index (χ4v) is 5.28. The standard InChI is InChI=1S/C23H30ClFN2O5S/c1-16(22(32-4)14-26(3)23(29)20-7-5-6-8-21(20)25)13-27(17(2)15-28)33(30,31)19-11-9-18(24)10-12-19/h5-12,16-17,22,28H,13-15H2,1-4H3/t16-,17+,22+/m0/s1. The van der Waals surface area contributed by atoms with Crippen molar-refractivity contribution in [1.82, 2.24) is 9.21 Å². The average molecular weight is 501 g/mol. The summed E-state index contributed by atoms with van der Waals surface area (Å²) in [6, 6.07) is 10.8. The lowest BCUT2D eigenvalue weighted by Crippen LogP contribution is -2.47. The Kier molecular flexibility index (Phi) is 9.81. The van der Waals surface area contributed by atoms with Gasteiger partial charge in [0.15, 0.2) is 0 Å². The molecule has 2 aromatic rings. The van der Waals surface area contributed by atoms with E-state index in [9.17, 15) is 22.7 Å². The number of likely N-dealkylation sites (N-methyl/N-ethyl adjacent to an activating group) is 1. The van der Waals surface area contributed by atoms with Gasteiger partial charge in [-0.1, -0.05) is 30.7 Å². The highest BCUT2D eigenvalue weighted by Crippen LogP contribution is 2.23. The van der Waals surface area contributed by atoms with Gasteiger partial charge in [-0.3, -0.25) is 4.79 Å². The van der Waals surface area contributed by atoms with Crippen LogP contribution in [0.3, 0.4) is 0 Å². The molecule has 0 radical (unpaired) electrons. The molecule has 1 N–H and O–H groups in total. The molecule has 10 heteroatoms. The van der Waals surface area contributed by atoms with E-state index in [1.165, 1.54) is 65.8 Å². The molecule has 0 bridgehead atoms. The van der Waals surface area contributed by atoms with Crippen LogP contribution in [0.25, 0.3) is 0 Å². The van der Waals surface area contributed by atoms with Gasteiger partial charge in [0.1, 0.15) is 5.82 Å². The maximum atomic E-state index is 14.0. The quantitative estimate of drug-likeness (QED) is 0.511. The van der Waals surface area contributed by atoms with Gasteiger partial charge in [0.2, 0.25) is 10.0 Å². The minimum atomic E-state index is -3.93. The van der Waals surface area contributed by atoms with Crippen LogP contribution in [0, 0.1) is 11.7 Å². The van der Waals surface area contributed by atoms with Crippen molar-refractivity contribution in [1.29, 1.82) is 0 Å². The Morgan fingerprint density at radius 2 is 1.73 bits per heavy atom. The Labute approximate surface area is 199 Å². The number of sulfonamides is 1. The number of aliphatic hydroxyl groups is 1. The summed E-state index contributed by atoms with van der Waals surface area (Å²) in [5.41, 5.74) is -0.0525. The van der Waals surface area contributed by atoms with Crippen molar-refractivity contribution in [3.8, 4) is 0 Å². The van der Waals surface area contributed by atoms with Crippen molar-refractivity contribution >= 4 is 27.5 Å². The number of benzene rings is 2. The third-order valence-corrected chi connectivity index (χ3v) is 7.73. The van der Waals surface area contributed by atoms with E-state index in [1.54, 1.807) is 19.9 Å². The SMILES string of the molecule is CO[C@H](CN(C)C(=O)c1ccccc1F)[C@@H](C)CN([C@H](C)CO)S(=O)(=O)c1ccc(Cl)cc1. The molecule has 2 rings (SSSR count). The first-order chi connectivity index (χ1) is 15.5. The number of hydrogen-bond donors (Lipinski definition) is 1. The monoisotopic (exact) mass is 500 g/mol. The van der Waals surface area contributed by atoms with E-state index >= 15 is 0 Å². The maximum absolute atomic E-state index is 14.0. The zero-order valence-corrected chi connectivity index (χ0v) is 20.7. The highest BCUT2D eigenvalue weighted by molar-refractivity contribution is 7.89. The van der Waals surface area contributed by atoms with E-state index in [-0.39, 0.29) is 36.1 Å². The van der Waals surface area contributed by atoms with Crippen molar-refractivity contribution in [2.45, 2.75) is 30.9 Å². The summed E-state index contributed by atoms with van der Waals surface area (Å²) in [4.78, 5) is 14.1. The summed E-state index contributed by atoms with van der Waals surface area (Å²) < 4.78 is 47.3. The van der Waals surface area contributed by atoms with Gasteiger partial charge in [0, 0.05) is 38.3 Å². The van der Waals surface area contributed by atoms with E-state index in [0.717, 1.165) is 0 Å². The summed E-state index contributed by atoms with van der Waals surface area (Å²) in [6.07, 6.45) is -0.542. The first-order valence-corrected chi connectivity index (χ1v) is 12.3. The Hall–Kier alpha value is -2.04. The number of carbonyl (C=O) groups excluding carboxylic acids is 1. The predicted octanol–water partition coefficient (Wildman–Crippen LogP) is 3.27. The molecule has 0 spiro atoms. The average Bonchev–Trinajstić information content (AvgIpc) is 2.80. The molecule has 182 valence electrons. The maximum Gasteiger partial charge on any atom is 0.256 e. The number of nitrogens with zero attached hydrogens (tertiary/aromatic N) is 2. The third-order valence-electron chi connectivity index (χ3n) is 5.49. The van der Waals surface area contributed by atoms with Crippen molar-refractivity contribution in [2.75, 3.05) is 33.9 Å². The van der Waals surface area contributed by atoms with Crippen LogP contribution in [0.5, 0.6) is 0 Å². The van der Waals surface area contributed by atoms with Crippen molar-refractivity contribution in [2.24, 2.45) is 5.92 Å². The summed E-state index contributed by atoms with van der Waals surface area (Å²) in [6.45, 7) is 3.18. The molecule has 7 nitrogen and oxygen atoms in total. The fourth-order valence-electron chi connectivity index (χ4n) is 3.43. The van der Waals surface area contributed by atoms with Gasteiger partial charge in [-0.15, -0.1) is 0 Å². The number of halogens is 2. The number of carbonyl (C=O) groups is 1. The van der Waals surface area contributed by atoms with Crippen molar-refractivity contribution in [3.63, 3.8) is 0 Å². The lowest BCUT2D eigenvalue weighted by molar-refractivity contribution is 0.0220. The summed E-state index contributed by atoms with van der Waals surface area (Å²) >= 11 is 5.88. The Bertz CT molecular complexity index is 1040. The molecule has 33 heavy (non-hydrogen) atoms. The van der Waals surface area contributed by atoms with Crippen LogP contribution in [0.1, 0.15) is 24.2 Å². The minimum absolute atomic E-state index is 0.0346. The van der Waals surface area contributed by atoms with Gasteiger partial charge >= 0.3 is 0 Å². The number of hydrogen-bond acceptors (Lipinski definition) is 5. The van der Waals surface area contributed by atoms with Crippen LogP contribution in [0.15, 0.2) is 53.4 Å². The van der Waals surface area contributed by atoms with Crippen LogP contribution >= 0.6 is 11.6 Å². The number of aliphatic hydroxyl groups excluding tert-OH is 1. The van der Waals surface area contributed by atoms with Gasteiger partial charge in [-0.25, -0.2) is 12.8 Å². The first kappa shape index (κ1) is 27.2. The van der Waals surface area contributed by atoms with Crippen molar-refractivity contribution in [3.05, 3.63) is 64.9 Å². The molecule has 0 aromatic heterocycles. The van der Waals surface area contributed by atoms with Gasteiger partial charge < -0.3 is 14.7 Å². The zero-order valence-electron chi connectivity index (χ0n) is 19.1. The normalized spacial score (nSPS) is 14.7. The molecule has 0 unspecified atom stereocenters. The lowest BCUT2D eigenvalue weighted by Gasteiger charge is -2.33. The summed E-state index contributed by atoms with van der Waals surface area (Å²) in [5, 5.41) is 10.1. The highest BCUT2D eigenvalue weighted by Gasteiger charge is 2.33. The molecular formula is C23H30ClFN2O5S. The van der Waals surface area contributed by atoms with E-state index in [4.69, 9.17) is 16.3 Å². The van der Waals surface area contributed by atoms with Crippen LogP contribution in [-0.2, 0) is 14.8 Å². The molecule has 0 aliphatic heterocycles. The number of methoxy groups -OCH3 is 1. The Morgan fingerprint density at radius 3 is 2.27 bits per heavy atom. The topological polar surface area (TPSA) is 87.2 Å². The van der Waals surface area contributed by atoms with Crippen molar-refractivity contribution < 1.29 is 27.4 Å². The van der Waals surface area contributed by atoms with Crippen LogP contribution in [-0.4, -0.2) is 74.6 Å². The summed E-state index contributed by atoms with van der Waals surface area (Å²) in [5.74, 6) is -1.48. The molecule has 0 saturated heterocycles. The molecule has 0 saturated carbocycles. The molecular weight excluding hydrogens is 471 g/mol. The van der Waals surface area contributed by atoms with Gasteiger partial charge in [0.05, 0.1) is 23.2 Å².